The summed E-state index contributed by atoms with van der Waals surface area (Å²) in [7, 11) is 0. The van der Waals surface area contributed by atoms with Crippen LogP contribution in [-0.4, -0.2) is 22.9 Å². The molecule has 66 valence electrons. The van der Waals surface area contributed by atoms with Gasteiger partial charge >= 0.3 is 0 Å². The molecule has 2 aliphatic rings. The molecule has 12 heavy (non-hydrogen) atoms. The van der Waals surface area contributed by atoms with E-state index in [9.17, 15) is 4.79 Å². The van der Waals surface area contributed by atoms with Crippen LogP contribution in [-0.2, 0) is 9.53 Å². The van der Waals surface area contributed by atoms with Gasteiger partial charge in [-0.25, -0.2) is 0 Å². The number of thioether (sulfide) groups is 1. The number of hydrogen-bond acceptors (Lipinski definition) is 3. The molecule has 2 rings (SSSR count). The van der Waals surface area contributed by atoms with Crippen LogP contribution >= 0.6 is 11.8 Å². The molecule has 2 nitrogen and oxygen atoms in total. The van der Waals surface area contributed by atoms with Gasteiger partial charge in [0, 0.05) is 12.5 Å². The molecule has 1 saturated carbocycles. The number of allylic oxidation sites excluding steroid dienone is 1. The van der Waals surface area contributed by atoms with E-state index in [0.29, 0.717) is 6.42 Å². The van der Waals surface area contributed by atoms with Crippen LogP contribution < -0.4 is 0 Å². The largest absolute Gasteiger partial charge is 0.496 e. The Labute approximate surface area is 76.4 Å². The molecule has 0 aromatic rings. The molecule has 1 aliphatic carbocycles. The van der Waals surface area contributed by atoms with Crippen LogP contribution in [0.5, 0.6) is 0 Å². The van der Waals surface area contributed by atoms with E-state index in [1.807, 2.05) is 11.8 Å². The molecule has 0 aromatic heterocycles. The average Bonchev–Trinajstić information content (AvgIpc) is 2.84. The first-order chi connectivity index (χ1) is 5.77. The summed E-state index contributed by atoms with van der Waals surface area (Å²) < 4.78 is 5.71. The molecular weight excluding hydrogens is 172 g/mol. The molecule has 0 spiro atoms. The topological polar surface area (TPSA) is 26.3 Å². The fraction of sp³-hybridized carbons (Fsp3) is 0.667. The molecular formula is C9H12O2S. The van der Waals surface area contributed by atoms with E-state index < -0.39 is 0 Å². The van der Waals surface area contributed by atoms with Crippen LogP contribution in [0.4, 0.5) is 0 Å². The molecule has 0 saturated heterocycles. The van der Waals surface area contributed by atoms with Crippen molar-refractivity contribution in [3.05, 3.63) is 12.3 Å². The maximum atomic E-state index is 11.1. The summed E-state index contributed by atoms with van der Waals surface area (Å²) in [5, 5.41) is 0. The van der Waals surface area contributed by atoms with Gasteiger partial charge in [0.25, 0.3) is 0 Å². The highest BCUT2D eigenvalue weighted by molar-refractivity contribution is 8.00. The van der Waals surface area contributed by atoms with E-state index in [1.54, 1.807) is 6.26 Å². The summed E-state index contributed by atoms with van der Waals surface area (Å²) in [6.07, 6.45) is 8.25. The fourth-order valence-corrected chi connectivity index (χ4v) is 2.51. The lowest BCUT2D eigenvalue weighted by Gasteiger charge is -2.26. The zero-order valence-electron chi connectivity index (χ0n) is 7.08. The quantitative estimate of drug-likeness (QED) is 0.654. The van der Waals surface area contributed by atoms with E-state index in [1.165, 1.54) is 18.9 Å². The monoisotopic (exact) mass is 184 g/mol. The Morgan fingerprint density at radius 1 is 1.67 bits per heavy atom. The average molecular weight is 184 g/mol. The lowest BCUT2D eigenvalue weighted by atomic mass is 10.1. The number of hydrogen-bond donors (Lipinski definition) is 0. The SMILES string of the molecule is CSC1(C2CC(=O)C=CO2)CC1. The van der Waals surface area contributed by atoms with Crippen LogP contribution in [0.25, 0.3) is 0 Å². The Bertz CT molecular complexity index is 231. The summed E-state index contributed by atoms with van der Waals surface area (Å²) in [6, 6.07) is 0. The number of carbonyl (C=O) groups is 1. The molecule has 0 radical (unpaired) electrons. The standard InChI is InChI=1S/C9H12O2S/c1-12-9(3-4-9)8-6-7(10)2-5-11-8/h2,5,8H,3-4,6H2,1H3. The molecule has 3 heteroatoms. The van der Waals surface area contributed by atoms with Crippen molar-refractivity contribution in [2.75, 3.05) is 6.26 Å². The highest BCUT2D eigenvalue weighted by Gasteiger charge is 2.51. The van der Waals surface area contributed by atoms with E-state index in [0.717, 1.165) is 0 Å². The van der Waals surface area contributed by atoms with Crippen molar-refractivity contribution in [3.8, 4) is 0 Å². The first kappa shape index (κ1) is 8.17. The predicted molar refractivity (Wildman–Crippen MR) is 49.1 cm³/mol. The van der Waals surface area contributed by atoms with Crippen molar-refractivity contribution in [1.29, 1.82) is 0 Å². The van der Waals surface area contributed by atoms with Crippen molar-refractivity contribution in [2.24, 2.45) is 0 Å². The Morgan fingerprint density at radius 3 is 2.92 bits per heavy atom. The number of carbonyl (C=O) groups excluding carboxylic acids is 1. The third-order valence-corrected chi connectivity index (χ3v) is 4.10. The van der Waals surface area contributed by atoms with Crippen molar-refractivity contribution < 1.29 is 9.53 Å². The molecule has 1 unspecified atom stereocenters. The molecule has 1 aliphatic heterocycles. The van der Waals surface area contributed by atoms with Gasteiger partial charge in [0.1, 0.15) is 6.10 Å². The van der Waals surface area contributed by atoms with Gasteiger partial charge in [0.2, 0.25) is 0 Å². The van der Waals surface area contributed by atoms with Crippen LogP contribution in [0.15, 0.2) is 12.3 Å². The van der Waals surface area contributed by atoms with Gasteiger partial charge in [-0.3, -0.25) is 4.79 Å². The van der Waals surface area contributed by atoms with Gasteiger partial charge in [0.15, 0.2) is 5.78 Å². The highest BCUT2D eigenvalue weighted by atomic mass is 32.2. The van der Waals surface area contributed by atoms with Gasteiger partial charge in [0.05, 0.1) is 11.0 Å². The summed E-state index contributed by atoms with van der Waals surface area (Å²) in [5.74, 6) is 0.201. The molecule has 0 bridgehead atoms. The van der Waals surface area contributed by atoms with Crippen LogP contribution in [0.3, 0.4) is 0 Å². The maximum Gasteiger partial charge on any atom is 0.162 e. The lowest BCUT2D eigenvalue weighted by molar-refractivity contribution is -0.118. The zero-order valence-corrected chi connectivity index (χ0v) is 7.89. The minimum absolute atomic E-state index is 0.130. The normalized spacial score (nSPS) is 31.4. The predicted octanol–water partition coefficient (Wildman–Crippen LogP) is 1.75. The fourth-order valence-electron chi connectivity index (χ4n) is 1.60. The van der Waals surface area contributed by atoms with E-state index in [-0.39, 0.29) is 16.6 Å². The number of rotatable bonds is 2. The van der Waals surface area contributed by atoms with E-state index in [2.05, 4.69) is 6.26 Å². The lowest BCUT2D eigenvalue weighted by Crippen LogP contribution is -2.31. The first-order valence-electron chi connectivity index (χ1n) is 4.17. The minimum atomic E-state index is 0.130. The van der Waals surface area contributed by atoms with Crippen LogP contribution in [0.1, 0.15) is 19.3 Å². The second-order valence-electron chi connectivity index (χ2n) is 3.37. The molecule has 0 N–H and O–H groups in total. The Balaban J connectivity index is 2.06. The Hall–Kier alpha value is -0.440. The van der Waals surface area contributed by atoms with Gasteiger partial charge in [-0.2, -0.15) is 11.8 Å². The maximum absolute atomic E-state index is 11.1. The van der Waals surface area contributed by atoms with Crippen molar-refractivity contribution in [1.82, 2.24) is 0 Å². The first-order valence-corrected chi connectivity index (χ1v) is 5.39. The smallest absolute Gasteiger partial charge is 0.162 e. The van der Waals surface area contributed by atoms with Gasteiger partial charge in [-0.1, -0.05) is 0 Å². The third-order valence-electron chi connectivity index (χ3n) is 2.62. The second-order valence-corrected chi connectivity index (χ2v) is 4.59. The number of ketones is 1. The summed E-state index contributed by atoms with van der Waals surface area (Å²) >= 11 is 1.84. The highest BCUT2D eigenvalue weighted by Crippen LogP contribution is 2.52. The van der Waals surface area contributed by atoms with E-state index >= 15 is 0 Å². The van der Waals surface area contributed by atoms with Crippen LogP contribution in [0.2, 0.25) is 0 Å². The Morgan fingerprint density at radius 2 is 2.42 bits per heavy atom. The minimum Gasteiger partial charge on any atom is -0.496 e. The molecule has 1 heterocycles. The van der Waals surface area contributed by atoms with Gasteiger partial charge < -0.3 is 4.74 Å². The molecule has 0 aromatic carbocycles. The summed E-state index contributed by atoms with van der Waals surface area (Å²) in [6.45, 7) is 0. The second kappa shape index (κ2) is 2.80. The summed E-state index contributed by atoms with van der Waals surface area (Å²) in [4.78, 5) is 11.1. The third kappa shape index (κ3) is 1.26. The Kier molecular flexibility index (Phi) is 1.91. The van der Waals surface area contributed by atoms with E-state index in [4.69, 9.17) is 4.74 Å². The number of ether oxygens (including phenoxy) is 1. The van der Waals surface area contributed by atoms with Crippen LogP contribution in [0, 0.1) is 0 Å². The molecule has 1 atom stereocenters. The van der Waals surface area contributed by atoms with Crippen molar-refractivity contribution in [3.63, 3.8) is 0 Å². The van der Waals surface area contributed by atoms with Crippen molar-refractivity contribution in [2.45, 2.75) is 30.1 Å². The molecule has 0 amide bonds. The summed E-state index contributed by atoms with van der Waals surface area (Å²) in [5.41, 5.74) is 0. The van der Waals surface area contributed by atoms with Gasteiger partial charge in [-0.05, 0) is 19.1 Å². The van der Waals surface area contributed by atoms with Gasteiger partial charge in [-0.15, -0.1) is 0 Å². The zero-order chi connectivity index (χ0) is 8.60. The van der Waals surface area contributed by atoms with Crippen molar-refractivity contribution >= 4 is 17.5 Å². The molecule has 1 fully saturated rings.